The number of ether oxygens (including phenoxy) is 1. The van der Waals surface area contributed by atoms with Crippen molar-refractivity contribution >= 4 is 15.9 Å². The van der Waals surface area contributed by atoms with Gasteiger partial charge in [0.25, 0.3) is 0 Å². The highest BCUT2D eigenvalue weighted by atomic mass is 79.9. The molecule has 0 radical (unpaired) electrons. The van der Waals surface area contributed by atoms with Gasteiger partial charge in [-0.25, -0.2) is 0 Å². The number of halogens is 1. The van der Waals surface area contributed by atoms with E-state index in [4.69, 9.17) is 4.74 Å². The largest absolute Gasteiger partial charge is 0.489 e. The molecule has 0 amide bonds. The van der Waals surface area contributed by atoms with E-state index in [0.717, 1.165) is 15.9 Å². The zero-order valence-electron chi connectivity index (χ0n) is 8.46. The Morgan fingerprint density at radius 1 is 1.50 bits per heavy atom. The molecule has 1 aliphatic rings. The van der Waals surface area contributed by atoms with Crippen molar-refractivity contribution in [2.24, 2.45) is 0 Å². The van der Waals surface area contributed by atoms with Crippen molar-refractivity contribution in [3.63, 3.8) is 0 Å². The molecular formula is C11H14BrNO. The van der Waals surface area contributed by atoms with Gasteiger partial charge in [-0.3, -0.25) is 4.98 Å². The average Bonchev–Trinajstić information content (AvgIpc) is 2.92. The first-order valence-corrected chi connectivity index (χ1v) is 5.79. The highest BCUT2D eigenvalue weighted by Crippen LogP contribution is 2.35. The molecule has 0 spiro atoms. The van der Waals surface area contributed by atoms with Crippen LogP contribution in [-0.2, 0) is 0 Å². The molecule has 76 valence electrons. The first-order chi connectivity index (χ1) is 6.68. The highest BCUT2D eigenvalue weighted by Gasteiger charge is 2.25. The summed E-state index contributed by atoms with van der Waals surface area (Å²) in [7, 11) is 0. The van der Waals surface area contributed by atoms with Gasteiger partial charge in [-0.05, 0) is 40.8 Å². The van der Waals surface area contributed by atoms with Crippen molar-refractivity contribution in [2.75, 3.05) is 0 Å². The summed E-state index contributed by atoms with van der Waals surface area (Å²) >= 11 is 3.55. The molecule has 0 saturated heterocycles. The topological polar surface area (TPSA) is 22.1 Å². The monoisotopic (exact) mass is 255 g/mol. The van der Waals surface area contributed by atoms with E-state index in [-0.39, 0.29) is 0 Å². The summed E-state index contributed by atoms with van der Waals surface area (Å²) in [6, 6.07) is 1.92. The van der Waals surface area contributed by atoms with Gasteiger partial charge in [-0.15, -0.1) is 0 Å². The van der Waals surface area contributed by atoms with E-state index < -0.39 is 0 Å². The van der Waals surface area contributed by atoms with Crippen molar-refractivity contribution < 1.29 is 4.74 Å². The van der Waals surface area contributed by atoms with Gasteiger partial charge >= 0.3 is 0 Å². The molecule has 0 aromatic carbocycles. The summed E-state index contributed by atoms with van der Waals surface area (Å²) in [4.78, 5) is 4.34. The van der Waals surface area contributed by atoms with Crippen LogP contribution in [0.4, 0.5) is 0 Å². The predicted molar refractivity (Wildman–Crippen MR) is 59.7 cm³/mol. The molecule has 1 aliphatic carbocycles. The molecule has 14 heavy (non-hydrogen) atoms. The standard InChI is InChI=1S/C11H14BrNO/c1-7(2)11-10(12)9(5-6-13-11)14-8-3-4-8/h5-8H,3-4H2,1-2H3. The Kier molecular flexibility index (Phi) is 2.77. The number of hydrogen-bond acceptors (Lipinski definition) is 2. The van der Waals surface area contributed by atoms with Crippen LogP contribution in [0.3, 0.4) is 0 Å². The number of nitrogens with zero attached hydrogens (tertiary/aromatic N) is 1. The Morgan fingerprint density at radius 3 is 2.79 bits per heavy atom. The van der Waals surface area contributed by atoms with Gasteiger partial charge in [0, 0.05) is 6.20 Å². The van der Waals surface area contributed by atoms with Gasteiger partial charge in [0.1, 0.15) is 5.75 Å². The third-order valence-electron chi connectivity index (χ3n) is 2.25. The van der Waals surface area contributed by atoms with Crippen LogP contribution in [0.5, 0.6) is 5.75 Å². The SMILES string of the molecule is CC(C)c1nccc(OC2CC2)c1Br. The van der Waals surface area contributed by atoms with Crippen LogP contribution in [0.1, 0.15) is 38.3 Å². The smallest absolute Gasteiger partial charge is 0.137 e. The third kappa shape index (κ3) is 2.08. The van der Waals surface area contributed by atoms with Crippen molar-refractivity contribution in [3.8, 4) is 5.75 Å². The van der Waals surface area contributed by atoms with Crippen LogP contribution >= 0.6 is 15.9 Å². The van der Waals surface area contributed by atoms with Crippen LogP contribution in [0.25, 0.3) is 0 Å². The van der Waals surface area contributed by atoms with E-state index in [1.165, 1.54) is 12.8 Å². The van der Waals surface area contributed by atoms with Crippen LogP contribution < -0.4 is 4.74 Å². The molecule has 2 rings (SSSR count). The normalized spacial score (nSPS) is 16.0. The van der Waals surface area contributed by atoms with Gasteiger partial charge < -0.3 is 4.74 Å². The first kappa shape index (κ1) is 9.97. The molecule has 0 N–H and O–H groups in total. The van der Waals surface area contributed by atoms with Gasteiger partial charge in [0.05, 0.1) is 16.3 Å². The van der Waals surface area contributed by atoms with Crippen molar-refractivity contribution in [1.29, 1.82) is 0 Å². The Bertz CT molecular complexity index is 334. The van der Waals surface area contributed by atoms with Crippen molar-refractivity contribution in [3.05, 3.63) is 22.4 Å². The van der Waals surface area contributed by atoms with Gasteiger partial charge in [0.15, 0.2) is 0 Å². The lowest BCUT2D eigenvalue weighted by Gasteiger charge is -2.11. The van der Waals surface area contributed by atoms with Gasteiger partial charge in [0.2, 0.25) is 0 Å². The van der Waals surface area contributed by atoms with E-state index in [1.54, 1.807) is 0 Å². The minimum atomic E-state index is 0.423. The molecule has 1 saturated carbocycles. The molecule has 1 fully saturated rings. The zero-order valence-corrected chi connectivity index (χ0v) is 10.0. The Hall–Kier alpha value is -0.570. The second-order valence-corrected chi connectivity index (χ2v) is 4.77. The number of hydrogen-bond donors (Lipinski definition) is 0. The van der Waals surface area contributed by atoms with E-state index >= 15 is 0 Å². The van der Waals surface area contributed by atoms with E-state index in [1.807, 2.05) is 12.3 Å². The van der Waals surface area contributed by atoms with Crippen LogP contribution in [-0.4, -0.2) is 11.1 Å². The molecule has 1 heterocycles. The maximum atomic E-state index is 5.76. The third-order valence-corrected chi connectivity index (χ3v) is 3.04. The molecular weight excluding hydrogens is 242 g/mol. The highest BCUT2D eigenvalue weighted by molar-refractivity contribution is 9.10. The Morgan fingerprint density at radius 2 is 2.21 bits per heavy atom. The minimum absolute atomic E-state index is 0.423. The number of aromatic nitrogens is 1. The fourth-order valence-electron chi connectivity index (χ4n) is 1.30. The van der Waals surface area contributed by atoms with E-state index in [0.29, 0.717) is 12.0 Å². The number of pyridine rings is 1. The molecule has 1 aromatic heterocycles. The second kappa shape index (κ2) is 3.89. The van der Waals surface area contributed by atoms with E-state index in [2.05, 4.69) is 34.8 Å². The summed E-state index contributed by atoms with van der Waals surface area (Å²) in [5, 5.41) is 0. The minimum Gasteiger partial charge on any atom is -0.489 e. The molecule has 0 unspecified atom stereocenters. The molecule has 0 bridgehead atoms. The summed E-state index contributed by atoms with van der Waals surface area (Å²) in [5.41, 5.74) is 1.07. The molecule has 2 nitrogen and oxygen atoms in total. The maximum absolute atomic E-state index is 5.76. The molecule has 3 heteroatoms. The lowest BCUT2D eigenvalue weighted by atomic mass is 10.1. The fourth-order valence-corrected chi connectivity index (χ4v) is 2.09. The van der Waals surface area contributed by atoms with Gasteiger partial charge in [-0.2, -0.15) is 0 Å². The predicted octanol–water partition coefficient (Wildman–Crippen LogP) is 3.51. The van der Waals surface area contributed by atoms with Crippen LogP contribution in [0.2, 0.25) is 0 Å². The lowest BCUT2D eigenvalue weighted by molar-refractivity contribution is 0.300. The maximum Gasteiger partial charge on any atom is 0.137 e. The zero-order chi connectivity index (χ0) is 10.1. The first-order valence-electron chi connectivity index (χ1n) is 4.99. The van der Waals surface area contributed by atoms with Crippen molar-refractivity contribution in [1.82, 2.24) is 4.98 Å². The Balaban J connectivity index is 2.25. The average molecular weight is 256 g/mol. The summed E-state index contributed by atoms with van der Waals surface area (Å²) in [5.74, 6) is 1.36. The second-order valence-electron chi connectivity index (χ2n) is 3.98. The number of rotatable bonds is 3. The summed E-state index contributed by atoms with van der Waals surface area (Å²) < 4.78 is 6.78. The van der Waals surface area contributed by atoms with Crippen LogP contribution in [0.15, 0.2) is 16.7 Å². The van der Waals surface area contributed by atoms with Gasteiger partial charge in [-0.1, -0.05) is 13.8 Å². The van der Waals surface area contributed by atoms with Crippen LogP contribution in [0, 0.1) is 0 Å². The molecule has 0 atom stereocenters. The lowest BCUT2D eigenvalue weighted by Crippen LogP contribution is -2.00. The quantitative estimate of drug-likeness (QED) is 0.825. The summed E-state index contributed by atoms with van der Waals surface area (Å²) in [6.07, 6.45) is 4.63. The summed E-state index contributed by atoms with van der Waals surface area (Å²) in [6.45, 7) is 4.27. The molecule has 0 aliphatic heterocycles. The Labute approximate surface area is 92.8 Å². The fraction of sp³-hybridized carbons (Fsp3) is 0.545. The van der Waals surface area contributed by atoms with E-state index in [9.17, 15) is 0 Å². The van der Waals surface area contributed by atoms with Crippen molar-refractivity contribution in [2.45, 2.75) is 38.7 Å². The molecule has 1 aromatic rings.